The Morgan fingerprint density at radius 1 is 1.21 bits per heavy atom. The summed E-state index contributed by atoms with van der Waals surface area (Å²) < 4.78 is 5.70. The van der Waals surface area contributed by atoms with Crippen molar-refractivity contribution < 1.29 is 14.6 Å². The van der Waals surface area contributed by atoms with E-state index < -0.39 is 5.97 Å². The number of aryl methyl sites for hydroxylation is 1. The average Bonchev–Trinajstić information content (AvgIpc) is 2.34. The maximum atomic E-state index is 10.8. The van der Waals surface area contributed by atoms with E-state index in [2.05, 4.69) is 0 Å². The molecule has 98 valence electrons. The maximum Gasteiger partial charge on any atom is 0.307 e. The van der Waals surface area contributed by atoms with Crippen LogP contribution < -0.4 is 4.74 Å². The largest absolute Gasteiger partial charge is 0.481 e. The van der Waals surface area contributed by atoms with Crippen LogP contribution in [0.3, 0.4) is 0 Å². The van der Waals surface area contributed by atoms with Crippen LogP contribution in [0.25, 0.3) is 0 Å². The lowest BCUT2D eigenvalue weighted by molar-refractivity contribution is -0.136. The number of hydrogen-bond donors (Lipinski definition) is 1. The summed E-state index contributed by atoms with van der Waals surface area (Å²) in [6, 6.07) is 12.5. The fourth-order valence-electron chi connectivity index (χ4n) is 1.68. The molecule has 0 saturated carbocycles. The third-order valence-corrected chi connectivity index (χ3v) is 2.85. The van der Waals surface area contributed by atoms with Gasteiger partial charge in [-0.15, -0.1) is 0 Å². The van der Waals surface area contributed by atoms with Gasteiger partial charge in [-0.25, -0.2) is 0 Å². The lowest BCUT2D eigenvalue weighted by Crippen LogP contribution is -2.02. The van der Waals surface area contributed by atoms with Crippen LogP contribution >= 0.6 is 11.6 Å². The van der Waals surface area contributed by atoms with Crippen molar-refractivity contribution in [1.29, 1.82) is 0 Å². The van der Waals surface area contributed by atoms with Crippen molar-refractivity contribution >= 4 is 17.6 Å². The van der Waals surface area contributed by atoms with Gasteiger partial charge in [0.2, 0.25) is 0 Å². The number of carbonyl (C=O) groups is 1. The molecule has 0 unspecified atom stereocenters. The number of hydrogen-bond acceptors (Lipinski definition) is 2. The molecule has 0 fully saturated rings. The molecule has 0 bridgehead atoms. The zero-order chi connectivity index (χ0) is 13.8. The minimum Gasteiger partial charge on any atom is -0.481 e. The molecule has 0 heterocycles. The molecule has 4 heteroatoms. The van der Waals surface area contributed by atoms with Crippen LogP contribution in [-0.2, 0) is 11.2 Å². The summed E-state index contributed by atoms with van der Waals surface area (Å²) in [4.78, 5) is 10.8. The number of benzene rings is 2. The Morgan fingerprint density at radius 2 is 1.89 bits per heavy atom. The summed E-state index contributed by atoms with van der Waals surface area (Å²) in [7, 11) is 0. The van der Waals surface area contributed by atoms with Gasteiger partial charge in [0.1, 0.15) is 11.5 Å². The highest BCUT2D eigenvalue weighted by Crippen LogP contribution is 2.28. The Kier molecular flexibility index (Phi) is 4.07. The molecule has 2 aromatic carbocycles. The number of ether oxygens (including phenoxy) is 1. The van der Waals surface area contributed by atoms with Crippen molar-refractivity contribution in [3.8, 4) is 11.5 Å². The van der Waals surface area contributed by atoms with Crippen molar-refractivity contribution in [2.75, 3.05) is 0 Å². The molecule has 1 N–H and O–H groups in total. The predicted octanol–water partition coefficient (Wildman–Crippen LogP) is 4.07. The zero-order valence-electron chi connectivity index (χ0n) is 10.4. The average molecular weight is 277 g/mol. The maximum absolute atomic E-state index is 10.8. The minimum absolute atomic E-state index is 0.123. The molecular weight excluding hydrogens is 264 g/mol. The van der Waals surface area contributed by atoms with Crippen molar-refractivity contribution in [2.45, 2.75) is 13.3 Å². The van der Waals surface area contributed by atoms with Gasteiger partial charge in [0, 0.05) is 10.6 Å². The van der Waals surface area contributed by atoms with E-state index in [4.69, 9.17) is 21.4 Å². The Morgan fingerprint density at radius 3 is 2.53 bits per heavy atom. The Balaban J connectivity index is 2.28. The van der Waals surface area contributed by atoms with E-state index in [1.165, 1.54) is 0 Å². The molecule has 0 aliphatic heterocycles. The van der Waals surface area contributed by atoms with E-state index in [1.807, 2.05) is 31.2 Å². The highest BCUT2D eigenvalue weighted by molar-refractivity contribution is 6.30. The normalized spacial score (nSPS) is 10.2. The molecule has 3 nitrogen and oxygen atoms in total. The summed E-state index contributed by atoms with van der Waals surface area (Å²) in [6.07, 6.45) is -0.123. The first kappa shape index (κ1) is 13.4. The number of carboxylic acid groups (broad SMARTS) is 1. The van der Waals surface area contributed by atoms with E-state index in [1.54, 1.807) is 18.2 Å². The molecule has 0 amide bonds. The zero-order valence-corrected chi connectivity index (χ0v) is 11.1. The van der Waals surface area contributed by atoms with E-state index in [9.17, 15) is 4.79 Å². The van der Waals surface area contributed by atoms with Gasteiger partial charge in [-0.05, 0) is 37.3 Å². The summed E-state index contributed by atoms with van der Waals surface area (Å²) in [6.45, 7) is 1.99. The van der Waals surface area contributed by atoms with Crippen LogP contribution in [0.4, 0.5) is 0 Å². The molecule has 2 rings (SSSR count). The van der Waals surface area contributed by atoms with Gasteiger partial charge in [0.25, 0.3) is 0 Å². The van der Waals surface area contributed by atoms with E-state index in [0.29, 0.717) is 22.1 Å². The summed E-state index contributed by atoms with van der Waals surface area (Å²) in [5, 5.41) is 9.38. The Bertz CT molecular complexity index is 591. The van der Waals surface area contributed by atoms with E-state index in [-0.39, 0.29) is 6.42 Å². The molecule has 0 radical (unpaired) electrons. The van der Waals surface area contributed by atoms with E-state index >= 15 is 0 Å². The van der Waals surface area contributed by atoms with Gasteiger partial charge in [-0.1, -0.05) is 29.3 Å². The predicted molar refractivity (Wildman–Crippen MR) is 74.0 cm³/mol. The quantitative estimate of drug-likeness (QED) is 0.916. The van der Waals surface area contributed by atoms with Crippen LogP contribution in [-0.4, -0.2) is 11.1 Å². The molecular formula is C15H13ClO3. The highest BCUT2D eigenvalue weighted by Gasteiger charge is 2.09. The Hall–Kier alpha value is -2.00. The van der Waals surface area contributed by atoms with Crippen molar-refractivity contribution in [3.63, 3.8) is 0 Å². The first-order valence-electron chi connectivity index (χ1n) is 5.79. The smallest absolute Gasteiger partial charge is 0.307 e. The van der Waals surface area contributed by atoms with Gasteiger partial charge < -0.3 is 9.84 Å². The van der Waals surface area contributed by atoms with Crippen molar-refractivity contribution in [3.05, 3.63) is 58.6 Å². The van der Waals surface area contributed by atoms with Crippen LogP contribution in [0.15, 0.2) is 42.5 Å². The van der Waals surface area contributed by atoms with E-state index in [0.717, 1.165) is 5.56 Å². The number of halogens is 1. The van der Waals surface area contributed by atoms with Crippen LogP contribution in [0, 0.1) is 6.92 Å². The Labute approximate surface area is 116 Å². The first-order valence-corrected chi connectivity index (χ1v) is 6.17. The van der Waals surface area contributed by atoms with Gasteiger partial charge >= 0.3 is 5.97 Å². The second-order valence-corrected chi connectivity index (χ2v) is 4.67. The van der Waals surface area contributed by atoms with Gasteiger partial charge in [-0.2, -0.15) is 0 Å². The van der Waals surface area contributed by atoms with Crippen molar-refractivity contribution in [2.24, 2.45) is 0 Å². The van der Waals surface area contributed by atoms with Gasteiger partial charge in [0.05, 0.1) is 6.42 Å². The summed E-state index contributed by atoms with van der Waals surface area (Å²) in [5.41, 5.74) is 1.69. The van der Waals surface area contributed by atoms with Crippen molar-refractivity contribution in [1.82, 2.24) is 0 Å². The molecule has 0 atom stereocenters. The molecule has 0 aliphatic rings. The summed E-state index contributed by atoms with van der Waals surface area (Å²) in [5.74, 6) is 0.256. The van der Waals surface area contributed by atoms with Crippen LogP contribution in [0.5, 0.6) is 11.5 Å². The molecule has 0 saturated heterocycles. The molecule has 0 aliphatic carbocycles. The molecule has 0 spiro atoms. The SMILES string of the molecule is Cc1ccc(Oc2ccc(Cl)cc2CC(=O)O)cc1. The minimum atomic E-state index is -0.920. The van der Waals surface area contributed by atoms with Crippen LogP contribution in [0.2, 0.25) is 5.02 Å². The number of aliphatic carboxylic acids is 1. The third-order valence-electron chi connectivity index (χ3n) is 2.61. The lowest BCUT2D eigenvalue weighted by atomic mass is 10.1. The lowest BCUT2D eigenvalue weighted by Gasteiger charge is -2.10. The molecule has 19 heavy (non-hydrogen) atoms. The second kappa shape index (κ2) is 5.76. The van der Waals surface area contributed by atoms with Gasteiger partial charge in [-0.3, -0.25) is 4.79 Å². The fourth-order valence-corrected chi connectivity index (χ4v) is 1.88. The number of carboxylic acids is 1. The molecule has 2 aromatic rings. The number of rotatable bonds is 4. The highest BCUT2D eigenvalue weighted by atomic mass is 35.5. The summed E-state index contributed by atoms with van der Waals surface area (Å²) >= 11 is 5.88. The standard InChI is InChI=1S/C15H13ClO3/c1-10-2-5-13(6-3-10)19-14-7-4-12(16)8-11(14)9-15(17)18/h2-8H,9H2,1H3,(H,17,18). The van der Waals surface area contributed by atoms with Gasteiger partial charge in [0.15, 0.2) is 0 Å². The second-order valence-electron chi connectivity index (χ2n) is 4.24. The molecule has 0 aromatic heterocycles. The topological polar surface area (TPSA) is 46.5 Å². The monoisotopic (exact) mass is 276 g/mol. The first-order chi connectivity index (χ1) is 9.04. The third kappa shape index (κ3) is 3.73. The fraction of sp³-hybridized carbons (Fsp3) is 0.133. The van der Waals surface area contributed by atoms with Crippen LogP contribution in [0.1, 0.15) is 11.1 Å².